The molecule has 0 spiro atoms. The number of hydrogen-bond donors (Lipinski definition) is 1. The number of carbonyl (C=O) groups excluding carboxylic acids is 1. The monoisotopic (exact) mass is 415 g/mol. The van der Waals surface area contributed by atoms with Crippen molar-refractivity contribution in [2.45, 2.75) is 37.9 Å². The number of anilines is 1. The lowest BCUT2D eigenvalue weighted by molar-refractivity contribution is -0.113. The van der Waals surface area contributed by atoms with Crippen LogP contribution in [0.4, 0.5) is 5.00 Å². The molecule has 0 saturated heterocycles. The molecule has 27 heavy (non-hydrogen) atoms. The first kappa shape index (κ1) is 18.2. The van der Waals surface area contributed by atoms with Gasteiger partial charge in [-0.05, 0) is 43.2 Å². The van der Waals surface area contributed by atoms with Crippen LogP contribution in [0.15, 0.2) is 22.7 Å². The Morgan fingerprint density at radius 1 is 1.44 bits per heavy atom. The molecular weight excluding hydrogens is 398 g/mol. The number of hydrogen-bond acceptors (Lipinski definition) is 7. The van der Waals surface area contributed by atoms with Crippen LogP contribution in [0.25, 0.3) is 10.7 Å². The molecule has 138 valence electrons. The summed E-state index contributed by atoms with van der Waals surface area (Å²) in [7, 11) is 0. The summed E-state index contributed by atoms with van der Waals surface area (Å²) < 4.78 is 2.02. The summed E-state index contributed by atoms with van der Waals surface area (Å²) in [4.78, 5) is 14.7. The molecule has 1 aliphatic rings. The summed E-state index contributed by atoms with van der Waals surface area (Å²) in [5.41, 5.74) is 1.76. The van der Waals surface area contributed by atoms with E-state index in [4.69, 9.17) is 0 Å². The molecule has 0 radical (unpaired) electrons. The lowest BCUT2D eigenvalue weighted by Gasteiger charge is -2.06. The Morgan fingerprint density at radius 2 is 2.33 bits per heavy atom. The van der Waals surface area contributed by atoms with Crippen molar-refractivity contribution in [3.8, 4) is 16.8 Å². The number of carbonyl (C=O) groups is 1. The molecule has 0 unspecified atom stereocenters. The van der Waals surface area contributed by atoms with Gasteiger partial charge in [-0.3, -0.25) is 4.79 Å². The Morgan fingerprint density at radius 3 is 3.07 bits per heavy atom. The molecule has 9 heteroatoms. The quantitative estimate of drug-likeness (QED) is 0.611. The van der Waals surface area contributed by atoms with Crippen LogP contribution < -0.4 is 5.32 Å². The highest BCUT2D eigenvalue weighted by Crippen LogP contribution is 2.38. The van der Waals surface area contributed by atoms with Crippen LogP contribution in [-0.4, -0.2) is 26.4 Å². The number of fused-ring (bicyclic) bond motifs is 1. The third kappa shape index (κ3) is 3.52. The van der Waals surface area contributed by atoms with Crippen molar-refractivity contribution >= 4 is 45.3 Å². The summed E-state index contributed by atoms with van der Waals surface area (Å²) >= 11 is 4.52. The molecule has 0 fully saturated rings. The van der Waals surface area contributed by atoms with Crippen molar-refractivity contribution < 1.29 is 4.79 Å². The van der Waals surface area contributed by atoms with E-state index >= 15 is 0 Å². The van der Waals surface area contributed by atoms with Crippen LogP contribution in [-0.2, 0) is 24.2 Å². The van der Waals surface area contributed by atoms with E-state index in [0.29, 0.717) is 10.6 Å². The van der Waals surface area contributed by atoms with Gasteiger partial charge in [0.2, 0.25) is 5.91 Å². The van der Waals surface area contributed by atoms with Crippen molar-refractivity contribution in [2.24, 2.45) is 0 Å². The molecule has 1 aliphatic carbocycles. The molecule has 3 heterocycles. The second-order valence-corrected chi connectivity index (χ2v) is 9.03. The molecule has 1 N–H and O–H groups in total. The molecule has 3 aromatic heterocycles. The average molecular weight is 416 g/mol. The summed E-state index contributed by atoms with van der Waals surface area (Å²) in [5, 5.41) is 24.3. The number of thiophene rings is 2. The average Bonchev–Trinajstić information content (AvgIpc) is 3.42. The van der Waals surface area contributed by atoms with Gasteiger partial charge in [0.15, 0.2) is 11.0 Å². The molecule has 4 rings (SSSR count). The van der Waals surface area contributed by atoms with Gasteiger partial charge < -0.3 is 9.88 Å². The minimum absolute atomic E-state index is 0.125. The van der Waals surface area contributed by atoms with E-state index in [0.717, 1.165) is 47.2 Å². The number of rotatable bonds is 6. The van der Waals surface area contributed by atoms with E-state index in [-0.39, 0.29) is 11.7 Å². The van der Waals surface area contributed by atoms with Crippen LogP contribution in [0.1, 0.15) is 29.3 Å². The predicted molar refractivity (Wildman–Crippen MR) is 109 cm³/mol. The highest BCUT2D eigenvalue weighted by Gasteiger charge is 2.23. The SMILES string of the molecule is CCn1c(SCC(=O)Nc2sc3c(c2C#N)CCC3)nnc1-c1cccs1. The van der Waals surface area contributed by atoms with Crippen LogP contribution >= 0.6 is 34.4 Å². The van der Waals surface area contributed by atoms with Crippen molar-refractivity contribution in [1.82, 2.24) is 14.8 Å². The fourth-order valence-electron chi connectivity index (χ4n) is 3.17. The fourth-order valence-corrected chi connectivity index (χ4v) is 5.95. The van der Waals surface area contributed by atoms with Crippen LogP contribution in [0.2, 0.25) is 0 Å². The summed E-state index contributed by atoms with van der Waals surface area (Å²) in [6, 6.07) is 6.26. The van der Waals surface area contributed by atoms with E-state index in [1.807, 2.05) is 29.0 Å². The molecule has 0 bridgehead atoms. The van der Waals surface area contributed by atoms with E-state index in [1.165, 1.54) is 28.0 Å². The number of nitrogens with one attached hydrogen (secondary N) is 1. The maximum atomic E-state index is 12.4. The molecule has 0 aliphatic heterocycles. The Labute approximate surface area is 169 Å². The summed E-state index contributed by atoms with van der Waals surface area (Å²) in [5.74, 6) is 0.937. The van der Waals surface area contributed by atoms with Gasteiger partial charge in [0.1, 0.15) is 11.1 Å². The molecular formula is C18H17N5OS3. The first-order valence-corrected chi connectivity index (χ1v) is 11.3. The van der Waals surface area contributed by atoms with E-state index < -0.39 is 0 Å². The topological polar surface area (TPSA) is 83.6 Å². The van der Waals surface area contributed by atoms with Crippen molar-refractivity contribution in [1.29, 1.82) is 5.26 Å². The first-order chi connectivity index (χ1) is 13.2. The maximum absolute atomic E-state index is 12.4. The minimum atomic E-state index is -0.125. The van der Waals surface area contributed by atoms with E-state index in [1.54, 1.807) is 11.3 Å². The molecule has 1 amide bonds. The highest BCUT2D eigenvalue weighted by atomic mass is 32.2. The first-order valence-electron chi connectivity index (χ1n) is 8.65. The minimum Gasteiger partial charge on any atom is -0.316 e. The number of amides is 1. The lowest BCUT2D eigenvalue weighted by atomic mass is 10.1. The molecule has 6 nitrogen and oxygen atoms in total. The normalized spacial score (nSPS) is 12.7. The largest absolute Gasteiger partial charge is 0.316 e. The molecule has 0 saturated carbocycles. The zero-order chi connectivity index (χ0) is 18.8. The fraction of sp³-hybridized carbons (Fsp3) is 0.333. The summed E-state index contributed by atoms with van der Waals surface area (Å²) in [6.07, 6.45) is 3.04. The van der Waals surface area contributed by atoms with Gasteiger partial charge in [-0.25, -0.2) is 0 Å². The molecule has 0 atom stereocenters. The second-order valence-electron chi connectivity index (χ2n) is 6.04. The van der Waals surface area contributed by atoms with Gasteiger partial charge in [0.05, 0.1) is 16.2 Å². The van der Waals surface area contributed by atoms with Gasteiger partial charge in [0, 0.05) is 11.4 Å². The van der Waals surface area contributed by atoms with Gasteiger partial charge in [-0.2, -0.15) is 5.26 Å². The zero-order valence-corrected chi connectivity index (χ0v) is 17.1. The Balaban J connectivity index is 1.44. The van der Waals surface area contributed by atoms with Crippen molar-refractivity contribution in [3.05, 3.63) is 33.5 Å². The number of aromatic nitrogens is 3. The number of nitrogens with zero attached hydrogens (tertiary/aromatic N) is 4. The zero-order valence-electron chi connectivity index (χ0n) is 14.7. The van der Waals surface area contributed by atoms with Gasteiger partial charge >= 0.3 is 0 Å². The van der Waals surface area contributed by atoms with E-state index in [9.17, 15) is 10.1 Å². The highest BCUT2D eigenvalue weighted by molar-refractivity contribution is 7.99. The second kappa shape index (κ2) is 7.84. The maximum Gasteiger partial charge on any atom is 0.235 e. The van der Waals surface area contributed by atoms with Gasteiger partial charge in [-0.15, -0.1) is 32.9 Å². The predicted octanol–water partition coefficient (Wildman–Crippen LogP) is 4.18. The Hall–Kier alpha value is -2.15. The number of thioether (sulfide) groups is 1. The van der Waals surface area contributed by atoms with Crippen molar-refractivity contribution in [3.63, 3.8) is 0 Å². The van der Waals surface area contributed by atoms with E-state index in [2.05, 4.69) is 21.6 Å². The van der Waals surface area contributed by atoms with Gasteiger partial charge in [0.25, 0.3) is 0 Å². The standard InChI is InChI=1S/C18H17N5OS3/c1-2-23-16(14-7-4-8-25-14)21-22-18(23)26-10-15(24)20-17-12(9-19)11-5-3-6-13(11)27-17/h4,7-8H,2-3,5-6,10H2,1H3,(H,20,24). The van der Waals surface area contributed by atoms with Crippen LogP contribution in [0, 0.1) is 11.3 Å². The third-order valence-corrected chi connectivity index (χ3v) is 7.43. The smallest absolute Gasteiger partial charge is 0.235 e. The molecule has 0 aromatic carbocycles. The number of nitriles is 1. The number of aryl methyl sites for hydroxylation is 1. The Kier molecular flexibility index (Phi) is 5.29. The van der Waals surface area contributed by atoms with Gasteiger partial charge in [-0.1, -0.05) is 17.8 Å². The summed E-state index contributed by atoms with van der Waals surface area (Å²) in [6.45, 7) is 2.78. The van der Waals surface area contributed by atoms with Crippen LogP contribution in [0.3, 0.4) is 0 Å². The van der Waals surface area contributed by atoms with Crippen molar-refractivity contribution in [2.75, 3.05) is 11.1 Å². The lowest BCUT2D eigenvalue weighted by Crippen LogP contribution is -2.14. The van der Waals surface area contributed by atoms with Crippen LogP contribution in [0.5, 0.6) is 0 Å². The third-order valence-electron chi connectivity index (χ3n) is 4.39. The Bertz CT molecular complexity index is 1010. The molecule has 3 aromatic rings.